The highest BCUT2D eigenvalue weighted by Gasteiger charge is 2.49. The second kappa shape index (κ2) is 11.7. The SMILES string of the molecule is CC(C)(CCNC(=O)OCC1C2CCC#CCCC21)OCCC(C)(C)OCCC=O. The molecule has 1 N–H and O–H groups in total. The van der Waals surface area contributed by atoms with E-state index in [1.54, 1.807) is 0 Å². The third-order valence-electron chi connectivity index (χ3n) is 6.17. The smallest absolute Gasteiger partial charge is 0.407 e. The zero-order valence-corrected chi connectivity index (χ0v) is 19.1. The van der Waals surface area contributed by atoms with Crippen LogP contribution in [0.3, 0.4) is 0 Å². The maximum atomic E-state index is 12.0. The minimum absolute atomic E-state index is 0.328. The highest BCUT2D eigenvalue weighted by atomic mass is 16.5. The Bertz CT molecular complexity index is 601. The van der Waals surface area contributed by atoms with Gasteiger partial charge in [-0.15, -0.1) is 11.8 Å². The van der Waals surface area contributed by atoms with Crippen LogP contribution in [0.15, 0.2) is 0 Å². The van der Waals surface area contributed by atoms with Gasteiger partial charge in [-0.1, -0.05) is 0 Å². The van der Waals surface area contributed by atoms with Gasteiger partial charge in [-0.3, -0.25) is 0 Å². The first-order valence-corrected chi connectivity index (χ1v) is 11.3. The Morgan fingerprint density at radius 2 is 1.60 bits per heavy atom. The molecule has 0 radical (unpaired) electrons. The van der Waals surface area contributed by atoms with Crippen LogP contribution in [0.25, 0.3) is 0 Å². The summed E-state index contributed by atoms with van der Waals surface area (Å²) in [6.45, 7) is 10.0. The van der Waals surface area contributed by atoms with E-state index in [0.29, 0.717) is 57.0 Å². The molecule has 6 nitrogen and oxygen atoms in total. The predicted octanol–water partition coefficient (Wildman–Crippen LogP) is 4.11. The first-order valence-electron chi connectivity index (χ1n) is 11.3. The molecule has 2 unspecified atom stereocenters. The molecular weight excluding hydrogens is 382 g/mol. The fraction of sp³-hybridized carbons (Fsp3) is 0.833. The second-order valence-corrected chi connectivity index (χ2v) is 9.62. The molecule has 30 heavy (non-hydrogen) atoms. The van der Waals surface area contributed by atoms with Crippen molar-refractivity contribution in [3.05, 3.63) is 0 Å². The molecule has 2 aliphatic rings. The van der Waals surface area contributed by atoms with Crippen LogP contribution in [-0.2, 0) is 19.0 Å². The number of alkyl carbamates (subject to hydrolysis) is 1. The van der Waals surface area contributed by atoms with Crippen molar-refractivity contribution in [3.8, 4) is 11.8 Å². The number of rotatable bonds is 13. The van der Waals surface area contributed by atoms with Crippen LogP contribution in [0.1, 0.15) is 72.6 Å². The summed E-state index contributed by atoms with van der Waals surface area (Å²) >= 11 is 0. The number of fused-ring (bicyclic) bond motifs is 1. The van der Waals surface area contributed by atoms with Crippen molar-refractivity contribution in [1.29, 1.82) is 0 Å². The molecule has 0 saturated heterocycles. The number of carbonyl (C=O) groups is 2. The third-order valence-corrected chi connectivity index (χ3v) is 6.17. The molecule has 170 valence electrons. The Morgan fingerprint density at radius 3 is 2.23 bits per heavy atom. The minimum atomic E-state index is -0.353. The molecule has 6 heteroatoms. The molecule has 2 aliphatic carbocycles. The summed E-state index contributed by atoms with van der Waals surface area (Å²) < 4.78 is 17.2. The van der Waals surface area contributed by atoms with Gasteiger partial charge in [-0.05, 0) is 71.1 Å². The average molecular weight is 422 g/mol. The first-order chi connectivity index (χ1) is 14.2. The van der Waals surface area contributed by atoms with Crippen molar-refractivity contribution in [2.75, 3.05) is 26.4 Å². The van der Waals surface area contributed by atoms with Gasteiger partial charge in [0.15, 0.2) is 0 Å². The van der Waals surface area contributed by atoms with E-state index >= 15 is 0 Å². The molecule has 0 aromatic heterocycles. The fourth-order valence-corrected chi connectivity index (χ4v) is 4.07. The lowest BCUT2D eigenvalue weighted by atomic mass is 10.0. The second-order valence-electron chi connectivity index (χ2n) is 9.62. The Morgan fingerprint density at radius 1 is 1.00 bits per heavy atom. The molecule has 0 spiro atoms. The molecule has 1 fully saturated rings. The number of hydrogen-bond acceptors (Lipinski definition) is 5. The molecular formula is C24H39NO5. The van der Waals surface area contributed by atoms with E-state index in [9.17, 15) is 9.59 Å². The zero-order chi connectivity index (χ0) is 22.0. The van der Waals surface area contributed by atoms with Gasteiger partial charge in [-0.2, -0.15) is 0 Å². The van der Waals surface area contributed by atoms with Gasteiger partial charge in [0.1, 0.15) is 6.29 Å². The van der Waals surface area contributed by atoms with Crippen LogP contribution >= 0.6 is 0 Å². The predicted molar refractivity (Wildman–Crippen MR) is 116 cm³/mol. The summed E-state index contributed by atoms with van der Waals surface area (Å²) in [5.41, 5.74) is -0.681. The zero-order valence-electron chi connectivity index (χ0n) is 19.1. The molecule has 2 atom stereocenters. The molecule has 2 rings (SSSR count). The summed E-state index contributed by atoms with van der Waals surface area (Å²) in [7, 11) is 0. The van der Waals surface area contributed by atoms with Crippen LogP contribution < -0.4 is 5.32 Å². The van der Waals surface area contributed by atoms with Crippen LogP contribution in [0.5, 0.6) is 0 Å². The van der Waals surface area contributed by atoms with Crippen molar-refractivity contribution in [2.45, 2.75) is 83.8 Å². The van der Waals surface area contributed by atoms with Crippen molar-refractivity contribution in [3.63, 3.8) is 0 Å². The molecule has 1 amide bonds. The topological polar surface area (TPSA) is 73.9 Å². The normalized spacial score (nSPS) is 23.3. The van der Waals surface area contributed by atoms with Crippen LogP contribution in [0, 0.1) is 29.6 Å². The summed E-state index contributed by atoms with van der Waals surface area (Å²) in [5.74, 6) is 8.29. The van der Waals surface area contributed by atoms with Crippen LogP contribution in [0.4, 0.5) is 4.79 Å². The quantitative estimate of drug-likeness (QED) is 0.275. The molecule has 0 aromatic rings. The molecule has 0 aliphatic heterocycles. The highest BCUT2D eigenvalue weighted by molar-refractivity contribution is 5.67. The number of amides is 1. The summed E-state index contributed by atoms with van der Waals surface area (Å²) in [4.78, 5) is 22.4. The van der Waals surface area contributed by atoms with Gasteiger partial charge >= 0.3 is 6.09 Å². The van der Waals surface area contributed by atoms with Crippen molar-refractivity contribution in [1.82, 2.24) is 5.32 Å². The van der Waals surface area contributed by atoms with Gasteiger partial charge in [0.25, 0.3) is 0 Å². The highest BCUT2D eigenvalue weighted by Crippen LogP contribution is 2.52. The standard InChI is InChI=1S/C24H39NO5/c1-23(2,30-17-13-24(3,4)29-16-9-15-26)12-14-25-22(27)28-18-21-19-10-7-5-6-8-11-20(19)21/h15,19-21H,7-14,16-18H2,1-4H3,(H,25,27). The Balaban J connectivity index is 1.55. The lowest BCUT2D eigenvalue weighted by Crippen LogP contribution is -2.35. The monoisotopic (exact) mass is 421 g/mol. The summed E-state index contributed by atoms with van der Waals surface area (Å²) in [6.07, 6.45) is 6.58. The van der Waals surface area contributed by atoms with Crippen molar-refractivity contribution in [2.24, 2.45) is 17.8 Å². The van der Waals surface area contributed by atoms with E-state index in [-0.39, 0.29) is 17.3 Å². The number of nitrogens with one attached hydrogen (secondary N) is 1. The van der Waals surface area contributed by atoms with E-state index < -0.39 is 0 Å². The number of hydrogen-bond donors (Lipinski definition) is 1. The van der Waals surface area contributed by atoms with Crippen LogP contribution in [0.2, 0.25) is 0 Å². The maximum absolute atomic E-state index is 12.0. The average Bonchev–Trinajstić information content (AvgIpc) is 3.28. The molecule has 0 heterocycles. The van der Waals surface area contributed by atoms with Gasteiger partial charge in [-0.25, -0.2) is 4.79 Å². The molecule has 0 bridgehead atoms. The Labute approximate surface area is 181 Å². The van der Waals surface area contributed by atoms with E-state index in [2.05, 4.69) is 17.2 Å². The van der Waals surface area contributed by atoms with Crippen molar-refractivity contribution < 1.29 is 23.8 Å². The summed E-state index contributed by atoms with van der Waals surface area (Å²) in [6, 6.07) is 0. The van der Waals surface area contributed by atoms with Gasteiger partial charge in [0, 0.05) is 25.8 Å². The van der Waals surface area contributed by atoms with Gasteiger partial charge < -0.3 is 24.3 Å². The Hall–Kier alpha value is -1.58. The van der Waals surface area contributed by atoms with Gasteiger partial charge in [0.2, 0.25) is 0 Å². The van der Waals surface area contributed by atoms with Gasteiger partial charge in [0.05, 0.1) is 31.0 Å². The van der Waals surface area contributed by atoms with E-state index in [1.165, 1.54) is 0 Å². The maximum Gasteiger partial charge on any atom is 0.407 e. The number of carbonyl (C=O) groups excluding carboxylic acids is 2. The van der Waals surface area contributed by atoms with E-state index in [4.69, 9.17) is 14.2 Å². The largest absolute Gasteiger partial charge is 0.449 e. The molecule has 0 aromatic carbocycles. The van der Waals surface area contributed by atoms with E-state index in [0.717, 1.165) is 38.4 Å². The third kappa shape index (κ3) is 9.06. The van der Waals surface area contributed by atoms with E-state index in [1.807, 2.05) is 27.7 Å². The van der Waals surface area contributed by atoms with Crippen LogP contribution in [-0.4, -0.2) is 49.9 Å². The minimum Gasteiger partial charge on any atom is -0.449 e. The fourth-order valence-electron chi connectivity index (χ4n) is 4.07. The lowest BCUT2D eigenvalue weighted by molar-refractivity contribution is -0.111. The molecule has 1 saturated carbocycles. The number of aldehydes is 1. The number of ether oxygens (including phenoxy) is 3. The lowest BCUT2D eigenvalue weighted by Gasteiger charge is -2.29. The van der Waals surface area contributed by atoms with Crippen molar-refractivity contribution >= 4 is 12.4 Å². The summed E-state index contributed by atoms with van der Waals surface area (Å²) in [5, 5.41) is 2.85. The Kier molecular flexibility index (Phi) is 9.64. The first kappa shape index (κ1) is 24.7.